The number of carbonyl (C=O) groups is 1. The Bertz CT molecular complexity index is 721. The Morgan fingerprint density at radius 2 is 1.96 bits per heavy atom. The second-order valence-electron chi connectivity index (χ2n) is 5.36. The van der Waals surface area contributed by atoms with Crippen LogP contribution in [0.1, 0.15) is 15.9 Å². The van der Waals surface area contributed by atoms with Gasteiger partial charge in [0.2, 0.25) is 0 Å². The molecular weight excluding hydrogens is 310 g/mol. The highest BCUT2D eigenvalue weighted by Crippen LogP contribution is 2.16. The van der Waals surface area contributed by atoms with Crippen molar-refractivity contribution < 1.29 is 9.53 Å². The predicted octanol–water partition coefficient (Wildman–Crippen LogP) is 2.51. The molecule has 2 heterocycles. The van der Waals surface area contributed by atoms with E-state index in [0.29, 0.717) is 16.7 Å². The Morgan fingerprint density at radius 1 is 1.22 bits per heavy atom. The standard InChI is InChI=1S/C17H19N3O2S/c21-16(15-2-1-7-18-17(15)23)19-12-13-3-5-14(6-4-13)20-8-10-22-11-9-20/h1-7H,8-12H2,(H,18,23)(H,19,21). The first-order valence-corrected chi connectivity index (χ1v) is 8.02. The first-order chi connectivity index (χ1) is 11.2. The summed E-state index contributed by atoms with van der Waals surface area (Å²) in [6.45, 7) is 3.86. The van der Waals surface area contributed by atoms with Crippen LogP contribution in [-0.4, -0.2) is 37.2 Å². The molecule has 120 valence electrons. The van der Waals surface area contributed by atoms with Crippen LogP contribution < -0.4 is 10.2 Å². The van der Waals surface area contributed by atoms with Gasteiger partial charge in [-0.3, -0.25) is 4.79 Å². The fourth-order valence-electron chi connectivity index (χ4n) is 2.52. The number of hydrogen-bond acceptors (Lipinski definition) is 4. The van der Waals surface area contributed by atoms with Gasteiger partial charge in [0.25, 0.3) is 5.91 Å². The van der Waals surface area contributed by atoms with Gasteiger partial charge in [-0.25, -0.2) is 0 Å². The maximum absolute atomic E-state index is 12.1. The number of benzene rings is 1. The molecule has 0 aliphatic carbocycles. The van der Waals surface area contributed by atoms with E-state index in [1.54, 1.807) is 18.3 Å². The zero-order chi connectivity index (χ0) is 16.1. The number of anilines is 1. The van der Waals surface area contributed by atoms with Crippen LogP contribution >= 0.6 is 12.2 Å². The van der Waals surface area contributed by atoms with Gasteiger partial charge in [0.1, 0.15) is 4.64 Å². The van der Waals surface area contributed by atoms with Crippen LogP contribution in [0.15, 0.2) is 42.6 Å². The van der Waals surface area contributed by atoms with E-state index in [4.69, 9.17) is 17.0 Å². The van der Waals surface area contributed by atoms with Crippen molar-refractivity contribution in [1.29, 1.82) is 0 Å². The van der Waals surface area contributed by atoms with Crippen molar-refractivity contribution in [2.45, 2.75) is 6.54 Å². The molecule has 2 N–H and O–H groups in total. The van der Waals surface area contributed by atoms with Crippen LogP contribution in [0.4, 0.5) is 5.69 Å². The molecular formula is C17H19N3O2S. The van der Waals surface area contributed by atoms with Gasteiger partial charge in [0.05, 0.1) is 18.8 Å². The third-order valence-corrected chi connectivity index (χ3v) is 4.17. The smallest absolute Gasteiger partial charge is 0.254 e. The number of nitrogens with zero attached hydrogens (tertiary/aromatic N) is 1. The van der Waals surface area contributed by atoms with Crippen molar-refractivity contribution in [3.05, 3.63) is 58.4 Å². The molecule has 0 atom stereocenters. The van der Waals surface area contributed by atoms with Gasteiger partial charge in [-0.15, -0.1) is 0 Å². The number of pyridine rings is 1. The van der Waals surface area contributed by atoms with Crippen LogP contribution in [0.5, 0.6) is 0 Å². The Balaban J connectivity index is 1.59. The van der Waals surface area contributed by atoms with Crippen LogP contribution in [0.2, 0.25) is 0 Å². The van der Waals surface area contributed by atoms with Crippen molar-refractivity contribution in [1.82, 2.24) is 10.3 Å². The molecule has 3 rings (SSSR count). The highest BCUT2D eigenvalue weighted by atomic mass is 32.1. The molecule has 1 saturated heterocycles. The fourth-order valence-corrected chi connectivity index (χ4v) is 2.75. The molecule has 6 heteroatoms. The Morgan fingerprint density at radius 3 is 2.65 bits per heavy atom. The topological polar surface area (TPSA) is 57.4 Å². The SMILES string of the molecule is O=C(NCc1ccc(N2CCOCC2)cc1)c1ccc[nH]c1=S. The van der Waals surface area contributed by atoms with E-state index in [1.807, 2.05) is 12.1 Å². The third-order valence-electron chi connectivity index (χ3n) is 3.83. The number of morpholine rings is 1. The largest absolute Gasteiger partial charge is 0.378 e. The van der Waals surface area contributed by atoms with E-state index < -0.39 is 0 Å². The summed E-state index contributed by atoms with van der Waals surface area (Å²) < 4.78 is 5.81. The average molecular weight is 329 g/mol. The lowest BCUT2D eigenvalue weighted by Crippen LogP contribution is -2.36. The average Bonchev–Trinajstić information content (AvgIpc) is 2.61. The van der Waals surface area contributed by atoms with Crippen LogP contribution in [-0.2, 0) is 11.3 Å². The molecule has 1 aliphatic heterocycles. The van der Waals surface area contributed by atoms with Crippen molar-refractivity contribution in [3.8, 4) is 0 Å². The summed E-state index contributed by atoms with van der Waals surface area (Å²) in [4.78, 5) is 17.3. The zero-order valence-electron chi connectivity index (χ0n) is 12.7. The summed E-state index contributed by atoms with van der Waals surface area (Å²) in [7, 11) is 0. The van der Waals surface area contributed by atoms with Gasteiger partial charge < -0.3 is 19.9 Å². The lowest BCUT2D eigenvalue weighted by molar-refractivity contribution is 0.0950. The van der Waals surface area contributed by atoms with Gasteiger partial charge in [0, 0.05) is 31.5 Å². The molecule has 2 aromatic rings. The van der Waals surface area contributed by atoms with Gasteiger partial charge in [-0.1, -0.05) is 24.4 Å². The summed E-state index contributed by atoms with van der Waals surface area (Å²) >= 11 is 5.12. The molecule has 0 unspecified atom stereocenters. The minimum atomic E-state index is -0.163. The minimum absolute atomic E-state index is 0.163. The van der Waals surface area contributed by atoms with E-state index in [1.165, 1.54) is 5.69 Å². The molecule has 1 aromatic carbocycles. The number of aromatic amines is 1. The summed E-state index contributed by atoms with van der Waals surface area (Å²) in [6.07, 6.45) is 1.71. The summed E-state index contributed by atoms with van der Waals surface area (Å²) in [5.74, 6) is -0.163. The molecule has 1 fully saturated rings. The van der Waals surface area contributed by atoms with Crippen molar-refractivity contribution in [2.24, 2.45) is 0 Å². The molecule has 0 saturated carbocycles. The van der Waals surface area contributed by atoms with Crippen molar-refractivity contribution in [2.75, 3.05) is 31.2 Å². The lowest BCUT2D eigenvalue weighted by atomic mass is 10.2. The second-order valence-corrected chi connectivity index (χ2v) is 5.77. The number of rotatable bonds is 4. The van der Waals surface area contributed by atoms with Gasteiger partial charge >= 0.3 is 0 Å². The van der Waals surface area contributed by atoms with Gasteiger partial charge in [0.15, 0.2) is 0 Å². The maximum Gasteiger partial charge on any atom is 0.254 e. The predicted molar refractivity (Wildman–Crippen MR) is 92.3 cm³/mol. The lowest BCUT2D eigenvalue weighted by Gasteiger charge is -2.28. The zero-order valence-corrected chi connectivity index (χ0v) is 13.6. The van der Waals surface area contributed by atoms with Crippen LogP contribution in [0, 0.1) is 4.64 Å². The van der Waals surface area contributed by atoms with E-state index in [9.17, 15) is 4.79 Å². The van der Waals surface area contributed by atoms with E-state index in [-0.39, 0.29) is 5.91 Å². The molecule has 1 aliphatic rings. The first-order valence-electron chi connectivity index (χ1n) is 7.61. The molecule has 5 nitrogen and oxygen atoms in total. The van der Waals surface area contributed by atoms with E-state index >= 15 is 0 Å². The van der Waals surface area contributed by atoms with Crippen LogP contribution in [0.25, 0.3) is 0 Å². The number of carbonyl (C=O) groups excluding carboxylic acids is 1. The minimum Gasteiger partial charge on any atom is -0.378 e. The molecule has 0 bridgehead atoms. The highest BCUT2D eigenvalue weighted by Gasteiger charge is 2.11. The van der Waals surface area contributed by atoms with Crippen molar-refractivity contribution in [3.63, 3.8) is 0 Å². The molecule has 0 spiro atoms. The monoisotopic (exact) mass is 329 g/mol. The fraction of sp³-hybridized carbons (Fsp3) is 0.294. The Hall–Kier alpha value is -2.18. The number of H-pyrrole nitrogens is 1. The molecule has 1 amide bonds. The third kappa shape index (κ3) is 3.97. The summed E-state index contributed by atoms with van der Waals surface area (Å²) in [5, 5.41) is 2.90. The number of amides is 1. The van der Waals surface area contributed by atoms with Gasteiger partial charge in [-0.2, -0.15) is 0 Å². The second kappa shape index (κ2) is 7.39. The quantitative estimate of drug-likeness (QED) is 0.846. The Labute approximate surface area is 140 Å². The maximum atomic E-state index is 12.1. The number of nitrogens with one attached hydrogen (secondary N) is 2. The normalized spacial score (nSPS) is 14.5. The van der Waals surface area contributed by atoms with E-state index in [2.05, 4.69) is 27.3 Å². The van der Waals surface area contributed by atoms with Crippen molar-refractivity contribution >= 4 is 23.8 Å². The molecule has 0 radical (unpaired) electrons. The summed E-state index contributed by atoms with van der Waals surface area (Å²) in [5.41, 5.74) is 2.74. The number of aromatic nitrogens is 1. The highest BCUT2D eigenvalue weighted by molar-refractivity contribution is 7.71. The Kier molecular flexibility index (Phi) is 5.05. The number of ether oxygens (including phenoxy) is 1. The van der Waals surface area contributed by atoms with Gasteiger partial charge in [-0.05, 0) is 29.8 Å². The van der Waals surface area contributed by atoms with Crippen LogP contribution in [0.3, 0.4) is 0 Å². The summed E-state index contributed by atoms with van der Waals surface area (Å²) in [6, 6.07) is 11.7. The molecule has 1 aromatic heterocycles. The number of hydrogen-bond donors (Lipinski definition) is 2. The molecule has 23 heavy (non-hydrogen) atoms. The first kappa shape index (κ1) is 15.7. The van der Waals surface area contributed by atoms with E-state index in [0.717, 1.165) is 31.9 Å².